The number of piperidine rings is 1. The third-order valence-corrected chi connectivity index (χ3v) is 6.17. The fourth-order valence-electron chi connectivity index (χ4n) is 4.30. The van der Waals surface area contributed by atoms with Gasteiger partial charge in [-0.1, -0.05) is 6.07 Å². The van der Waals surface area contributed by atoms with Crippen LogP contribution in [0.3, 0.4) is 0 Å². The standard InChI is InChI=1S/C23H24N4O6/c1-14(26-22(29)18-4-3-5-19(27(31)32)20(18)23(26)30)21(28)24-15-10-12-25(13-11-15)16-6-8-17(33-2)9-7-16/h3-9,14-15H,10-13H2,1-2H3,(H,24,28). The van der Waals surface area contributed by atoms with Gasteiger partial charge in [-0.05, 0) is 50.1 Å². The van der Waals surface area contributed by atoms with E-state index in [1.54, 1.807) is 7.11 Å². The average molecular weight is 452 g/mol. The predicted octanol–water partition coefficient (Wildman–Crippen LogP) is 2.37. The topological polar surface area (TPSA) is 122 Å². The van der Waals surface area contributed by atoms with E-state index in [1.807, 2.05) is 24.3 Å². The van der Waals surface area contributed by atoms with Gasteiger partial charge in [0, 0.05) is 30.9 Å². The first kappa shape index (κ1) is 22.3. The smallest absolute Gasteiger partial charge is 0.282 e. The van der Waals surface area contributed by atoms with Crippen LogP contribution in [0.4, 0.5) is 11.4 Å². The molecule has 0 spiro atoms. The molecule has 1 unspecified atom stereocenters. The van der Waals surface area contributed by atoms with Gasteiger partial charge < -0.3 is 15.0 Å². The Balaban J connectivity index is 1.38. The quantitative estimate of drug-likeness (QED) is 0.406. The van der Waals surface area contributed by atoms with Crippen LogP contribution in [0.1, 0.15) is 40.5 Å². The molecule has 0 aromatic heterocycles. The maximum Gasteiger partial charge on any atom is 0.282 e. The van der Waals surface area contributed by atoms with Gasteiger partial charge in [0.2, 0.25) is 5.91 Å². The number of rotatable bonds is 6. The molecule has 1 saturated heterocycles. The van der Waals surface area contributed by atoms with Crippen molar-refractivity contribution >= 4 is 29.1 Å². The van der Waals surface area contributed by atoms with Gasteiger partial charge in [-0.15, -0.1) is 0 Å². The van der Waals surface area contributed by atoms with Crippen LogP contribution < -0.4 is 15.0 Å². The molecule has 1 N–H and O–H groups in total. The minimum atomic E-state index is -1.09. The Kier molecular flexibility index (Phi) is 5.99. The number of ether oxygens (including phenoxy) is 1. The van der Waals surface area contributed by atoms with Crippen LogP contribution in [0, 0.1) is 10.1 Å². The van der Waals surface area contributed by atoms with Crippen LogP contribution in [0.5, 0.6) is 5.75 Å². The van der Waals surface area contributed by atoms with E-state index >= 15 is 0 Å². The number of anilines is 1. The molecule has 2 aromatic rings. The lowest BCUT2D eigenvalue weighted by atomic mass is 10.0. The fraction of sp³-hybridized carbons (Fsp3) is 0.348. The third-order valence-electron chi connectivity index (χ3n) is 6.17. The molecule has 172 valence electrons. The third kappa shape index (κ3) is 4.11. The normalized spacial score (nSPS) is 17.0. The summed E-state index contributed by atoms with van der Waals surface area (Å²) < 4.78 is 5.18. The number of nitro benzene ring substituents is 1. The van der Waals surface area contributed by atoms with Crippen molar-refractivity contribution in [2.24, 2.45) is 0 Å². The first-order chi connectivity index (χ1) is 15.8. The molecule has 10 heteroatoms. The minimum Gasteiger partial charge on any atom is -0.497 e. The van der Waals surface area contributed by atoms with E-state index < -0.39 is 34.4 Å². The number of nitrogens with zero attached hydrogens (tertiary/aromatic N) is 3. The highest BCUT2D eigenvalue weighted by Crippen LogP contribution is 2.32. The van der Waals surface area contributed by atoms with Gasteiger partial charge in [0.1, 0.15) is 17.4 Å². The first-order valence-electron chi connectivity index (χ1n) is 10.7. The number of benzene rings is 2. The summed E-state index contributed by atoms with van der Waals surface area (Å²) in [5.41, 5.74) is 0.315. The van der Waals surface area contributed by atoms with Crippen molar-refractivity contribution in [3.05, 3.63) is 63.7 Å². The Labute approximate surface area is 190 Å². The number of hydrogen-bond donors (Lipinski definition) is 1. The van der Waals surface area contributed by atoms with E-state index in [-0.39, 0.29) is 17.2 Å². The molecule has 2 heterocycles. The van der Waals surface area contributed by atoms with Crippen molar-refractivity contribution in [3.63, 3.8) is 0 Å². The lowest BCUT2D eigenvalue weighted by Crippen LogP contribution is -2.52. The molecule has 0 aliphatic carbocycles. The SMILES string of the molecule is COc1ccc(N2CCC(NC(=O)C(C)N3C(=O)c4cccc([N+](=O)[O-])c4C3=O)CC2)cc1. The Bertz CT molecular complexity index is 1110. The molecule has 2 aromatic carbocycles. The molecule has 0 bridgehead atoms. The largest absolute Gasteiger partial charge is 0.497 e. The van der Waals surface area contributed by atoms with E-state index in [4.69, 9.17) is 4.74 Å². The second-order valence-electron chi connectivity index (χ2n) is 8.08. The summed E-state index contributed by atoms with van der Waals surface area (Å²) in [6.45, 7) is 2.94. The van der Waals surface area contributed by atoms with Crippen molar-refractivity contribution in [1.29, 1.82) is 0 Å². The number of nitro groups is 1. The van der Waals surface area contributed by atoms with Crippen molar-refractivity contribution in [3.8, 4) is 5.75 Å². The van der Waals surface area contributed by atoms with Crippen molar-refractivity contribution in [2.75, 3.05) is 25.1 Å². The van der Waals surface area contributed by atoms with E-state index in [2.05, 4.69) is 10.2 Å². The molecule has 10 nitrogen and oxygen atoms in total. The van der Waals surface area contributed by atoms with Gasteiger partial charge in [0.15, 0.2) is 0 Å². The number of imide groups is 1. The second kappa shape index (κ2) is 8.89. The van der Waals surface area contributed by atoms with Crippen molar-refractivity contribution in [2.45, 2.75) is 31.8 Å². The summed E-state index contributed by atoms with van der Waals surface area (Å²) in [6, 6.07) is 10.5. The predicted molar refractivity (Wildman–Crippen MR) is 119 cm³/mol. The zero-order valence-corrected chi connectivity index (χ0v) is 18.3. The van der Waals surface area contributed by atoms with E-state index in [1.165, 1.54) is 25.1 Å². The number of fused-ring (bicyclic) bond motifs is 1. The molecule has 1 fully saturated rings. The number of nitrogens with one attached hydrogen (secondary N) is 1. The fourth-order valence-corrected chi connectivity index (χ4v) is 4.30. The lowest BCUT2D eigenvalue weighted by molar-refractivity contribution is -0.385. The summed E-state index contributed by atoms with van der Waals surface area (Å²) in [5.74, 6) is -1.20. The average Bonchev–Trinajstić information content (AvgIpc) is 3.09. The second-order valence-corrected chi connectivity index (χ2v) is 8.08. The van der Waals surface area contributed by atoms with Crippen LogP contribution in [0.25, 0.3) is 0 Å². The highest BCUT2D eigenvalue weighted by Gasteiger charge is 2.45. The zero-order valence-electron chi connectivity index (χ0n) is 18.3. The van der Waals surface area contributed by atoms with E-state index in [0.717, 1.165) is 29.4 Å². The number of carbonyl (C=O) groups excluding carboxylic acids is 3. The van der Waals surface area contributed by atoms with Crippen LogP contribution in [0.15, 0.2) is 42.5 Å². The van der Waals surface area contributed by atoms with Gasteiger partial charge in [-0.3, -0.25) is 29.4 Å². The number of methoxy groups -OCH3 is 1. The Morgan fingerprint density at radius 2 is 1.79 bits per heavy atom. The molecule has 0 radical (unpaired) electrons. The summed E-state index contributed by atoms with van der Waals surface area (Å²) >= 11 is 0. The lowest BCUT2D eigenvalue weighted by Gasteiger charge is -2.35. The summed E-state index contributed by atoms with van der Waals surface area (Å²) in [7, 11) is 1.62. The van der Waals surface area contributed by atoms with Crippen molar-refractivity contribution in [1.82, 2.24) is 10.2 Å². The molecule has 1 atom stereocenters. The van der Waals surface area contributed by atoms with Gasteiger partial charge in [0.05, 0.1) is 17.6 Å². The molecule has 2 aliphatic rings. The summed E-state index contributed by atoms with van der Waals surface area (Å²) in [4.78, 5) is 52.0. The monoisotopic (exact) mass is 452 g/mol. The van der Waals surface area contributed by atoms with Crippen LogP contribution in [0.2, 0.25) is 0 Å². The van der Waals surface area contributed by atoms with Crippen LogP contribution in [-0.4, -0.2) is 59.8 Å². The molecule has 33 heavy (non-hydrogen) atoms. The Morgan fingerprint density at radius 3 is 2.39 bits per heavy atom. The minimum absolute atomic E-state index is 0.0540. The van der Waals surface area contributed by atoms with Gasteiger partial charge in [-0.25, -0.2) is 0 Å². The van der Waals surface area contributed by atoms with E-state index in [0.29, 0.717) is 12.8 Å². The molecule has 3 amide bonds. The van der Waals surface area contributed by atoms with Crippen molar-refractivity contribution < 1.29 is 24.0 Å². The maximum atomic E-state index is 12.9. The van der Waals surface area contributed by atoms with Crippen LogP contribution >= 0.6 is 0 Å². The summed E-state index contributed by atoms with van der Waals surface area (Å²) in [6.07, 6.45) is 1.41. The van der Waals surface area contributed by atoms with Gasteiger partial charge in [-0.2, -0.15) is 0 Å². The van der Waals surface area contributed by atoms with Crippen LogP contribution in [-0.2, 0) is 4.79 Å². The molecular formula is C23H24N4O6. The van der Waals surface area contributed by atoms with E-state index in [9.17, 15) is 24.5 Å². The zero-order chi connectivity index (χ0) is 23.7. The summed E-state index contributed by atoms with van der Waals surface area (Å²) in [5, 5.41) is 14.2. The molecule has 2 aliphatic heterocycles. The number of amides is 3. The Morgan fingerprint density at radius 1 is 1.12 bits per heavy atom. The highest BCUT2D eigenvalue weighted by atomic mass is 16.6. The molecule has 4 rings (SSSR count). The molecule has 0 saturated carbocycles. The number of carbonyl (C=O) groups is 3. The highest BCUT2D eigenvalue weighted by molar-refractivity contribution is 6.24. The Hall–Kier alpha value is -3.95. The molecular weight excluding hydrogens is 428 g/mol. The first-order valence-corrected chi connectivity index (χ1v) is 10.7. The maximum absolute atomic E-state index is 12.9. The number of hydrogen-bond acceptors (Lipinski definition) is 7. The van der Waals surface area contributed by atoms with Gasteiger partial charge >= 0.3 is 0 Å². The van der Waals surface area contributed by atoms with Gasteiger partial charge in [0.25, 0.3) is 17.5 Å².